The van der Waals surface area contributed by atoms with Gasteiger partial charge < -0.3 is 4.74 Å². The predicted molar refractivity (Wildman–Crippen MR) is 77.7 cm³/mol. The van der Waals surface area contributed by atoms with Gasteiger partial charge in [-0.25, -0.2) is 0 Å². The Morgan fingerprint density at radius 1 is 0.882 bits per heavy atom. The quantitative estimate of drug-likeness (QED) is 0.331. The lowest BCUT2D eigenvalue weighted by molar-refractivity contribution is -0.166. The summed E-state index contributed by atoms with van der Waals surface area (Å²) in [6.07, 6.45) is 1.22. The van der Waals surface area contributed by atoms with Crippen LogP contribution in [0.15, 0.2) is 0 Å². The fraction of sp³-hybridized carbons (Fsp3) is 0.800. The van der Waals surface area contributed by atoms with Crippen LogP contribution in [0.4, 0.5) is 0 Å². The summed E-state index contributed by atoms with van der Waals surface area (Å²) in [6, 6.07) is 0. The van der Waals surface area contributed by atoms with E-state index in [4.69, 9.17) is 4.74 Å². The predicted octanol–water partition coefficient (Wildman–Crippen LogP) is 3.85. The van der Waals surface area contributed by atoms with Gasteiger partial charge in [0.05, 0.1) is 17.3 Å². The normalized spacial score (nSPS) is 40.6. The first kappa shape index (κ1) is 14.5. The molecule has 2 saturated carbocycles. The van der Waals surface area contributed by atoms with E-state index in [-0.39, 0.29) is 0 Å². The molecule has 17 heavy (non-hydrogen) atoms. The third kappa shape index (κ3) is 2.09. The van der Waals surface area contributed by atoms with Crippen molar-refractivity contribution in [1.82, 2.24) is 0 Å². The van der Waals surface area contributed by atoms with E-state index in [1.54, 1.807) is 13.8 Å². The number of alkyl halides is 4. The van der Waals surface area contributed by atoms with E-state index in [0.29, 0.717) is 12.8 Å². The topological polar surface area (TPSA) is 43.4 Å². The van der Waals surface area contributed by atoms with Gasteiger partial charge in [0, 0.05) is 0 Å². The highest BCUT2D eigenvalue weighted by molar-refractivity contribution is 9.26. The Bertz CT molecular complexity index is 382. The minimum absolute atomic E-state index is 0.436. The zero-order valence-corrected chi connectivity index (χ0v) is 15.5. The molecule has 0 saturated heterocycles. The van der Waals surface area contributed by atoms with Crippen LogP contribution in [0.3, 0.4) is 0 Å². The number of hydrogen-bond acceptors (Lipinski definition) is 3. The van der Waals surface area contributed by atoms with Crippen molar-refractivity contribution in [2.24, 2.45) is 10.8 Å². The fourth-order valence-corrected chi connectivity index (χ4v) is 4.44. The van der Waals surface area contributed by atoms with Crippen LogP contribution in [0.5, 0.6) is 0 Å². The third-order valence-electron chi connectivity index (χ3n) is 3.60. The minimum Gasteiger partial charge on any atom is -0.392 e. The largest absolute Gasteiger partial charge is 0.392 e. The van der Waals surface area contributed by atoms with Crippen LogP contribution in [0, 0.1) is 10.8 Å². The number of rotatable bonds is 2. The van der Waals surface area contributed by atoms with Crippen LogP contribution >= 0.6 is 63.7 Å². The maximum Gasteiger partial charge on any atom is 0.321 e. The smallest absolute Gasteiger partial charge is 0.321 e. The van der Waals surface area contributed by atoms with Gasteiger partial charge in [0.2, 0.25) is 0 Å². The van der Waals surface area contributed by atoms with Crippen molar-refractivity contribution in [3.63, 3.8) is 0 Å². The van der Waals surface area contributed by atoms with Crippen LogP contribution in [-0.2, 0) is 14.3 Å². The van der Waals surface area contributed by atoms with Gasteiger partial charge in [-0.15, -0.1) is 0 Å². The number of hydrogen-bond donors (Lipinski definition) is 0. The highest BCUT2D eigenvalue weighted by atomic mass is 79.9. The van der Waals surface area contributed by atoms with E-state index in [9.17, 15) is 9.59 Å². The maximum absolute atomic E-state index is 11.9. The average Bonchev–Trinajstić information content (AvgIpc) is 2.85. The van der Waals surface area contributed by atoms with Crippen molar-refractivity contribution >= 4 is 75.7 Å². The van der Waals surface area contributed by atoms with Crippen molar-refractivity contribution in [1.29, 1.82) is 0 Å². The van der Waals surface area contributed by atoms with Crippen LogP contribution in [0.1, 0.15) is 26.7 Å². The van der Waals surface area contributed by atoms with Gasteiger partial charge >= 0.3 is 11.9 Å². The molecule has 2 aliphatic rings. The van der Waals surface area contributed by atoms with Gasteiger partial charge in [0.15, 0.2) is 0 Å². The first-order valence-electron chi connectivity index (χ1n) is 4.99. The van der Waals surface area contributed by atoms with Gasteiger partial charge in [-0.2, -0.15) is 0 Å². The van der Waals surface area contributed by atoms with Gasteiger partial charge in [-0.3, -0.25) is 9.59 Å². The molecule has 96 valence electrons. The van der Waals surface area contributed by atoms with E-state index in [0.717, 1.165) is 0 Å². The molecule has 2 rings (SSSR count). The lowest BCUT2D eigenvalue weighted by Crippen LogP contribution is -2.29. The highest BCUT2D eigenvalue weighted by Gasteiger charge is 2.71. The Hall–Kier alpha value is 1.06. The monoisotopic (exact) mass is 494 g/mol. The standard InChI is InChI=1S/C10H10Br4O3/c1-7(3-9(7,11)12)5(15)17-6(16)8(2)4-10(8,13)14/h3-4H2,1-2H3. The summed E-state index contributed by atoms with van der Waals surface area (Å²) in [4.78, 5) is 23.8. The lowest BCUT2D eigenvalue weighted by Gasteiger charge is -2.14. The molecule has 0 aromatic carbocycles. The molecule has 0 aliphatic heterocycles. The Kier molecular flexibility index (Phi) is 3.23. The summed E-state index contributed by atoms with van der Waals surface area (Å²) >= 11 is 13.5. The summed E-state index contributed by atoms with van der Waals surface area (Å²) in [6.45, 7) is 3.52. The van der Waals surface area contributed by atoms with Crippen LogP contribution in [-0.4, -0.2) is 18.4 Å². The second-order valence-electron chi connectivity index (χ2n) is 5.10. The minimum atomic E-state index is -0.671. The van der Waals surface area contributed by atoms with Crippen LogP contribution < -0.4 is 0 Å². The summed E-state index contributed by atoms with van der Waals surface area (Å²) in [7, 11) is 0. The molecule has 0 amide bonds. The molecule has 2 aliphatic carbocycles. The maximum atomic E-state index is 11.9. The van der Waals surface area contributed by atoms with E-state index in [2.05, 4.69) is 63.7 Å². The molecule has 0 heterocycles. The SMILES string of the molecule is CC1(C(=O)OC(=O)C2(C)CC2(Br)Br)CC1(Br)Br. The molecule has 3 nitrogen and oxygen atoms in total. The molecule has 7 heteroatoms. The van der Waals surface area contributed by atoms with Gasteiger partial charge in [-0.05, 0) is 26.7 Å². The average molecular weight is 498 g/mol. The zero-order chi connectivity index (χ0) is 13.3. The summed E-state index contributed by atoms with van der Waals surface area (Å²) in [5.74, 6) is -0.972. The first-order chi connectivity index (χ1) is 7.46. The van der Waals surface area contributed by atoms with Crippen molar-refractivity contribution in [3.05, 3.63) is 0 Å². The molecule has 0 aromatic heterocycles. The number of halogens is 4. The van der Waals surface area contributed by atoms with E-state index in [1.807, 2.05) is 0 Å². The van der Waals surface area contributed by atoms with Crippen molar-refractivity contribution in [2.45, 2.75) is 33.2 Å². The summed E-state index contributed by atoms with van der Waals surface area (Å²) in [5, 5.41) is 0. The van der Waals surface area contributed by atoms with E-state index in [1.165, 1.54) is 0 Å². The molecule has 0 aromatic rings. The molecular weight excluding hydrogens is 488 g/mol. The van der Waals surface area contributed by atoms with E-state index >= 15 is 0 Å². The summed E-state index contributed by atoms with van der Waals surface area (Å²) in [5.41, 5.74) is -1.34. The van der Waals surface area contributed by atoms with Gasteiger partial charge in [0.1, 0.15) is 0 Å². The molecule has 2 atom stereocenters. The van der Waals surface area contributed by atoms with Crippen LogP contribution in [0.25, 0.3) is 0 Å². The Morgan fingerprint density at radius 2 is 1.12 bits per heavy atom. The number of ether oxygens (including phenoxy) is 1. The fourth-order valence-electron chi connectivity index (χ4n) is 1.55. The van der Waals surface area contributed by atoms with E-state index < -0.39 is 29.2 Å². The molecule has 0 spiro atoms. The molecule has 0 radical (unpaired) electrons. The Labute approximate surface area is 133 Å². The third-order valence-corrected chi connectivity index (χ3v) is 8.22. The lowest BCUT2D eigenvalue weighted by atomic mass is 10.1. The summed E-state index contributed by atoms with van der Waals surface area (Å²) < 4.78 is 4.11. The van der Waals surface area contributed by atoms with Crippen molar-refractivity contribution in [2.75, 3.05) is 0 Å². The molecule has 2 fully saturated rings. The molecule has 0 N–H and O–H groups in total. The van der Waals surface area contributed by atoms with Gasteiger partial charge in [0.25, 0.3) is 0 Å². The number of esters is 2. The van der Waals surface area contributed by atoms with Crippen molar-refractivity contribution < 1.29 is 14.3 Å². The second-order valence-corrected chi connectivity index (χ2v) is 12.6. The molecule has 0 bridgehead atoms. The zero-order valence-electron chi connectivity index (χ0n) is 9.15. The Balaban J connectivity index is 2.01. The Morgan fingerprint density at radius 3 is 1.29 bits per heavy atom. The molecule has 2 unspecified atom stereocenters. The molecular formula is C10H10Br4O3. The second kappa shape index (κ2) is 3.79. The van der Waals surface area contributed by atoms with Gasteiger partial charge in [-0.1, -0.05) is 63.7 Å². The van der Waals surface area contributed by atoms with Crippen LogP contribution in [0.2, 0.25) is 0 Å². The van der Waals surface area contributed by atoms with Crippen molar-refractivity contribution in [3.8, 4) is 0 Å². The highest BCUT2D eigenvalue weighted by Crippen LogP contribution is 2.69. The number of carbonyl (C=O) groups is 2. The number of carbonyl (C=O) groups excluding carboxylic acids is 2. The first-order valence-corrected chi connectivity index (χ1v) is 8.16.